The Balaban J connectivity index is 2.14. The molecule has 41 heavy (non-hydrogen) atoms. The highest BCUT2D eigenvalue weighted by molar-refractivity contribution is 7.58. The van der Waals surface area contributed by atoms with Crippen LogP contribution in [0.5, 0.6) is 0 Å². The van der Waals surface area contributed by atoms with Crippen LogP contribution in [0.1, 0.15) is 47.1 Å². The molecule has 0 spiro atoms. The van der Waals surface area contributed by atoms with Crippen molar-refractivity contribution >= 4 is 31.3 Å². The Bertz CT molecular complexity index is 1260. The maximum Gasteiger partial charge on any atom is 0.410 e. The molecule has 224 valence electrons. The Labute approximate surface area is 240 Å². The van der Waals surface area contributed by atoms with Gasteiger partial charge in [-0.25, -0.2) is 4.79 Å². The number of ether oxygens (including phenoxy) is 2. The molecule has 0 aromatic heterocycles. The fourth-order valence-electron chi connectivity index (χ4n) is 3.66. The number of hydrogen-bond acceptors (Lipinski definition) is 7. The molecular weight excluding hydrogens is 551 g/mol. The maximum absolute atomic E-state index is 13.3. The summed E-state index contributed by atoms with van der Waals surface area (Å²) in [7, 11) is -4.23. The van der Waals surface area contributed by atoms with Gasteiger partial charge in [0, 0.05) is 13.1 Å². The molecule has 0 saturated heterocycles. The number of esters is 1. The summed E-state index contributed by atoms with van der Waals surface area (Å²) in [6.07, 6.45) is -2.82. The third kappa shape index (κ3) is 10.7. The normalized spacial score (nSPS) is 15.8. The van der Waals surface area contributed by atoms with Crippen LogP contribution < -0.4 is 10.6 Å². The largest absolute Gasteiger partial charge is 0.480 e. The molecule has 0 aliphatic carbocycles. The molecule has 0 saturated carbocycles. The summed E-state index contributed by atoms with van der Waals surface area (Å²) in [6, 6.07) is 15.8. The average Bonchev–Trinajstić information content (AvgIpc) is 2.88. The summed E-state index contributed by atoms with van der Waals surface area (Å²) in [6.45, 7) is 8.81. The second-order valence-electron chi connectivity index (χ2n) is 10.9. The molecule has 4 N–H and O–H groups in total. The van der Waals surface area contributed by atoms with Gasteiger partial charge in [-0.3, -0.25) is 18.9 Å². The number of aliphatic carboxylic acids is 1. The third-order valence-electron chi connectivity index (χ3n) is 6.22. The van der Waals surface area contributed by atoms with E-state index in [0.29, 0.717) is 5.56 Å². The standard InChI is InChI=1S/C29H39N2O9P/c1-18(26(33)34)30-25(32)24(16-21-12-14-23(15-13-21)22-10-8-7-9-11-22)17-41(37,38)19(2)31-28(36)40-20(3)39-27(35)29(4,5)6/h7-15,18-20,24H,16-17H2,1-6H3,(H,30,32)(H,31,36)(H,33,34)(H,37,38)/t18-,19+,20?,24+/m0/s1. The van der Waals surface area contributed by atoms with Crippen LogP contribution in [-0.2, 0) is 34.8 Å². The van der Waals surface area contributed by atoms with Gasteiger partial charge in [0.15, 0.2) is 0 Å². The highest BCUT2D eigenvalue weighted by Gasteiger charge is 2.36. The summed E-state index contributed by atoms with van der Waals surface area (Å²) in [5.74, 6) is -4.97. The number of hydrogen-bond donors (Lipinski definition) is 4. The van der Waals surface area contributed by atoms with E-state index in [4.69, 9.17) is 9.47 Å². The second kappa shape index (κ2) is 14.3. The van der Waals surface area contributed by atoms with Crippen LogP contribution in [-0.4, -0.2) is 58.2 Å². The molecule has 0 bridgehead atoms. The molecule has 0 radical (unpaired) electrons. The average molecular weight is 591 g/mol. The number of alkyl carbamates (subject to hydrolysis) is 1. The molecule has 2 aromatic rings. The molecule has 0 fully saturated rings. The summed E-state index contributed by atoms with van der Waals surface area (Å²) >= 11 is 0. The van der Waals surface area contributed by atoms with Gasteiger partial charge >= 0.3 is 18.0 Å². The van der Waals surface area contributed by atoms with Crippen molar-refractivity contribution in [2.24, 2.45) is 11.3 Å². The first-order valence-electron chi connectivity index (χ1n) is 13.2. The van der Waals surface area contributed by atoms with E-state index in [1.165, 1.54) is 20.8 Å². The molecule has 2 unspecified atom stereocenters. The van der Waals surface area contributed by atoms with Crippen molar-refractivity contribution in [2.45, 2.75) is 66.1 Å². The number of carboxylic acid groups (broad SMARTS) is 1. The first-order chi connectivity index (χ1) is 19.0. The molecule has 12 heteroatoms. The Morgan fingerprint density at radius 1 is 0.878 bits per heavy atom. The first kappa shape index (κ1) is 33.5. The van der Waals surface area contributed by atoms with Gasteiger partial charge < -0.3 is 30.1 Å². The number of carbonyl (C=O) groups is 4. The van der Waals surface area contributed by atoms with Gasteiger partial charge in [0.25, 0.3) is 0 Å². The number of carbonyl (C=O) groups excluding carboxylic acids is 3. The van der Waals surface area contributed by atoms with E-state index in [-0.39, 0.29) is 6.42 Å². The zero-order valence-corrected chi connectivity index (χ0v) is 25.0. The Hall–Kier alpha value is -3.69. The van der Waals surface area contributed by atoms with Crippen molar-refractivity contribution < 1.29 is 43.2 Å². The van der Waals surface area contributed by atoms with E-state index in [1.807, 2.05) is 42.5 Å². The summed E-state index contributed by atoms with van der Waals surface area (Å²) in [5, 5.41) is 13.8. The molecule has 0 aliphatic rings. The zero-order valence-electron chi connectivity index (χ0n) is 24.1. The fourth-order valence-corrected chi connectivity index (χ4v) is 5.21. The van der Waals surface area contributed by atoms with Crippen molar-refractivity contribution in [1.29, 1.82) is 0 Å². The topological polar surface area (TPSA) is 168 Å². The number of amides is 2. The lowest BCUT2D eigenvalue weighted by Gasteiger charge is -2.26. The minimum absolute atomic E-state index is 0.0503. The van der Waals surface area contributed by atoms with Crippen molar-refractivity contribution in [3.63, 3.8) is 0 Å². The Morgan fingerprint density at radius 2 is 1.44 bits per heavy atom. The van der Waals surface area contributed by atoms with Crippen LogP contribution in [0.25, 0.3) is 11.1 Å². The van der Waals surface area contributed by atoms with Crippen molar-refractivity contribution in [3.05, 3.63) is 60.2 Å². The van der Waals surface area contributed by atoms with Crippen molar-refractivity contribution in [3.8, 4) is 11.1 Å². The predicted octanol–water partition coefficient (Wildman–Crippen LogP) is 4.38. The number of rotatable bonds is 12. The molecular formula is C29H39N2O9P. The smallest absolute Gasteiger partial charge is 0.410 e. The molecule has 2 amide bonds. The van der Waals surface area contributed by atoms with Crippen LogP contribution in [0.4, 0.5) is 4.79 Å². The molecule has 5 atom stereocenters. The van der Waals surface area contributed by atoms with Gasteiger partial charge in [-0.1, -0.05) is 54.6 Å². The lowest BCUT2D eigenvalue weighted by Crippen LogP contribution is -2.44. The van der Waals surface area contributed by atoms with Gasteiger partial charge in [0.05, 0.1) is 11.3 Å². The number of carboxylic acids is 1. The van der Waals surface area contributed by atoms with Crippen LogP contribution in [0.3, 0.4) is 0 Å². The van der Waals surface area contributed by atoms with Crippen LogP contribution in [0.2, 0.25) is 0 Å². The summed E-state index contributed by atoms with van der Waals surface area (Å²) in [4.78, 5) is 59.5. The van der Waals surface area contributed by atoms with Gasteiger partial charge in [-0.05, 0) is 57.7 Å². The predicted molar refractivity (Wildman–Crippen MR) is 153 cm³/mol. The maximum atomic E-state index is 13.3. The minimum atomic E-state index is -4.23. The van der Waals surface area contributed by atoms with Crippen molar-refractivity contribution in [1.82, 2.24) is 10.6 Å². The quantitative estimate of drug-likeness (QED) is 0.159. The molecule has 2 rings (SSSR count). The van der Waals surface area contributed by atoms with Gasteiger partial charge in [-0.15, -0.1) is 0 Å². The van der Waals surface area contributed by atoms with Crippen LogP contribution in [0, 0.1) is 11.3 Å². The van der Waals surface area contributed by atoms with Gasteiger partial charge in [0.2, 0.25) is 19.6 Å². The highest BCUT2D eigenvalue weighted by atomic mass is 31.2. The lowest BCUT2D eigenvalue weighted by atomic mass is 9.97. The van der Waals surface area contributed by atoms with E-state index < -0.39 is 66.9 Å². The van der Waals surface area contributed by atoms with Crippen LogP contribution >= 0.6 is 7.37 Å². The van der Waals surface area contributed by atoms with E-state index in [1.54, 1.807) is 32.9 Å². The minimum Gasteiger partial charge on any atom is -0.480 e. The molecule has 0 aliphatic heterocycles. The monoisotopic (exact) mass is 590 g/mol. The molecule has 0 heterocycles. The Morgan fingerprint density at radius 3 is 1.98 bits per heavy atom. The number of benzene rings is 2. The summed E-state index contributed by atoms with van der Waals surface area (Å²) in [5.41, 5.74) is 1.82. The lowest BCUT2D eigenvalue weighted by molar-refractivity contribution is -0.174. The SMILES string of the molecule is CC(OC(=O)N[C@@H](C)P(=O)(O)C[C@@H](Cc1ccc(-c2ccccc2)cc1)C(=O)N[C@@H](C)C(=O)O)OC(=O)C(C)(C)C. The first-order valence-corrected chi connectivity index (χ1v) is 15.1. The van der Waals surface area contributed by atoms with E-state index in [2.05, 4.69) is 10.6 Å². The van der Waals surface area contributed by atoms with Gasteiger partial charge in [0.1, 0.15) is 11.8 Å². The van der Waals surface area contributed by atoms with E-state index in [0.717, 1.165) is 11.1 Å². The van der Waals surface area contributed by atoms with Crippen LogP contribution in [0.15, 0.2) is 54.6 Å². The molecule has 11 nitrogen and oxygen atoms in total. The molecule has 2 aromatic carbocycles. The van der Waals surface area contributed by atoms with E-state index in [9.17, 15) is 33.7 Å². The van der Waals surface area contributed by atoms with Gasteiger partial charge in [-0.2, -0.15) is 0 Å². The zero-order chi connectivity index (χ0) is 31.0. The number of nitrogens with one attached hydrogen (secondary N) is 2. The second-order valence-corrected chi connectivity index (χ2v) is 13.6. The fraction of sp³-hybridized carbons (Fsp3) is 0.448. The highest BCUT2D eigenvalue weighted by Crippen LogP contribution is 2.47. The Kier molecular flexibility index (Phi) is 11.7. The van der Waals surface area contributed by atoms with E-state index >= 15 is 0 Å². The van der Waals surface area contributed by atoms with Crippen molar-refractivity contribution in [2.75, 3.05) is 6.16 Å². The summed E-state index contributed by atoms with van der Waals surface area (Å²) < 4.78 is 23.4. The third-order valence-corrected chi connectivity index (χ3v) is 8.52.